The Morgan fingerprint density at radius 2 is 1.61 bits per heavy atom. The molecule has 0 aliphatic carbocycles. The van der Waals surface area contributed by atoms with E-state index in [0.717, 1.165) is 71.0 Å². The summed E-state index contributed by atoms with van der Waals surface area (Å²) in [6.45, 7) is 2.01. The number of para-hydroxylation sites is 2. The van der Waals surface area contributed by atoms with Crippen LogP contribution >= 0.6 is 11.3 Å². The Hall–Kier alpha value is -5.84. The zero-order chi connectivity index (χ0) is 30.4. The third-order valence-corrected chi connectivity index (χ3v) is 10.3. The number of pyridine rings is 3. The van der Waals surface area contributed by atoms with Gasteiger partial charge in [-0.05, 0) is 73.0 Å². The van der Waals surface area contributed by atoms with E-state index in [2.05, 4.69) is 95.3 Å². The van der Waals surface area contributed by atoms with E-state index in [9.17, 15) is 0 Å². The zero-order valence-electron chi connectivity index (χ0n) is 24.6. The second-order valence-corrected chi connectivity index (χ2v) is 12.9. The molecule has 216 valence electrons. The van der Waals surface area contributed by atoms with E-state index in [0.29, 0.717) is 0 Å². The van der Waals surface area contributed by atoms with Crippen LogP contribution in [-0.4, -0.2) is 31.3 Å². The van der Waals surface area contributed by atoms with Crippen molar-refractivity contribution in [1.82, 2.24) is 19.5 Å². The van der Waals surface area contributed by atoms with Crippen LogP contribution in [0.5, 0.6) is 5.75 Å². The first-order chi connectivity index (χ1) is 22.7. The van der Waals surface area contributed by atoms with Crippen molar-refractivity contribution in [2.24, 2.45) is 4.99 Å². The van der Waals surface area contributed by atoms with Crippen molar-refractivity contribution in [2.75, 3.05) is 0 Å². The SMILES string of the molecule is CC12C#CC=NC1c1cc(-c3ccnc4c3sc3ccc(-n5c6ccccc6c6ccccc65)nc34)cc(-c3ccccn3)c1O2. The lowest BCUT2D eigenvalue weighted by Crippen LogP contribution is -2.33. The molecule has 0 fully saturated rings. The van der Waals surface area contributed by atoms with Gasteiger partial charge < -0.3 is 4.74 Å². The number of aromatic nitrogens is 4. The van der Waals surface area contributed by atoms with Gasteiger partial charge in [0.05, 0.1) is 32.3 Å². The average molecular weight is 610 g/mol. The molecule has 3 aromatic carbocycles. The molecule has 0 saturated heterocycles. The fraction of sp³-hybridized carbons (Fsp3) is 0.0769. The molecule has 2 aliphatic rings. The number of hydrogen-bond acceptors (Lipinski definition) is 6. The molecule has 7 heteroatoms. The van der Waals surface area contributed by atoms with Gasteiger partial charge in [-0.25, -0.2) is 4.98 Å². The highest BCUT2D eigenvalue weighted by molar-refractivity contribution is 7.26. The molecule has 0 saturated carbocycles. The smallest absolute Gasteiger partial charge is 0.193 e. The van der Waals surface area contributed by atoms with Gasteiger partial charge >= 0.3 is 0 Å². The summed E-state index contributed by atoms with van der Waals surface area (Å²) in [7, 11) is 0. The lowest BCUT2D eigenvalue weighted by Gasteiger charge is -2.23. The average Bonchev–Trinajstić information content (AvgIpc) is 3.75. The highest BCUT2D eigenvalue weighted by atomic mass is 32.1. The minimum Gasteiger partial charge on any atom is -0.471 e. The third kappa shape index (κ3) is 3.53. The molecule has 2 unspecified atom stereocenters. The summed E-state index contributed by atoms with van der Waals surface area (Å²) in [5.41, 5.74) is 8.27. The van der Waals surface area contributed by atoms with E-state index in [1.54, 1.807) is 17.6 Å². The first-order valence-corrected chi connectivity index (χ1v) is 16.0. The Morgan fingerprint density at radius 1 is 0.804 bits per heavy atom. The summed E-state index contributed by atoms with van der Waals surface area (Å²) >= 11 is 1.72. The largest absolute Gasteiger partial charge is 0.471 e. The Bertz CT molecular complexity index is 2610. The molecule has 7 heterocycles. The van der Waals surface area contributed by atoms with Crippen LogP contribution in [0.3, 0.4) is 0 Å². The molecule has 0 amide bonds. The van der Waals surface area contributed by atoms with Crippen LogP contribution < -0.4 is 4.74 Å². The monoisotopic (exact) mass is 609 g/mol. The van der Waals surface area contributed by atoms with Crippen molar-refractivity contribution in [3.63, 3.8) is 0 Å². The van der Waals surface area contributed by atoms with Gasteiger partial charge in [-0.1, -0.05) is 48.4 Å². The van der Waals surface area contributed by atoms with E-state index < -0.39 is 5.60 Å². The van der Waals surface area contributed by atoms with Crippen LogP contribution in [0.15, 0.2) is 114 Å². The van der Waals surface area contributed by atoms with E-state index in [1.165, 1.54) is 10.8 Å². The van der Waals surface area contributed by atoms with Gasteiger partial charge in [-0.3, -0.25) is 19.5 Å². The molecule has 8 aromatic rings. The van der Waals surface area contributed by atoms with E-state index in [-0.39, 0.29) is 6.04 Å². The molecule has 6 nitrogen and oxygen atoms in total. The molecule has 0 bridgehead atoms. The van der Waals surface area contributed by atoms with Gasteiger partial charge in [0.25, 0.3) is 0 Å². The standard InChI is InChI=1S/C39H23N5OS/c1-39-17-8-19-42-38(39)28-22-23(21-27(36(28)45-39)29-11-6-7-18-40-29)24-16-20-41-35-34-32(46-37(24)35)14-15-33(43-34)44-30-12-4-2-9-25(30)26-10-3-5-13-31(26)44/h2-7,9-16,18-22,38H,1H3. The van der Waals surface area contributed by atoms with Crippen molar-refractivity contribution >= 4 is 59.8 Å². The Kier molecular flexibility index (Phi) is 5.17. The highest BCUT2D eigenvalue weighted by Gasteiger charge is 2.46. The van der Waals surface area contributed by atoms with Gasteiger partial charge in [0.2, 0.25) is 0 Å². The van der Waals surface area contributed by atoms with Crippen LogP contribution in [0.1, 0.15) is 18.5 Å². The summed E-state index contributed by atoms with van der Waals surface area (Å²) in [6, 6.07) is 33.5. The van der Waals surface area contributed by atoms with E-state index >= 15 is 0 Å². The maximum absolute atomic E-state index is 6.57. The van der Waals surface area contributed by atoms with Crippen LogP contribution in [0.2, 0.25) is 0 Å². The minimum absolute atomic E-state index is 0.221. The van der Waals surface area contributed by atoms with Gasteiger partial charge in [-0.15, -0.1) is 11.3 Å². The summed E-state index contributed by atoms with van der Waals surface area (Å²) in [6.07, 6.45) is 5.39. The summed E-state index contributed by atoms with van der Waals surface area (Å²) < 4.78 is 11.0. The number of fused-ring (bicyclic) bond motifs is 9. The third-order valence-electron chi connectivity index (χ3n) is 9.10. The van der Waals surface area contributed by atoms with Crippen LogP contribution in [0, 0.1) is 11.8 Å². The fourth-order valence-electron chi connectivity index (χ4n) is 7.04. The summed E-state index contributed by atoms with van der Waals surface area (Å²) in [5.74, 6) is 7.95. The predicted molar refractivity (Wildman–Crippen MR) is 186 cm³/mol. The van der Waals surface area contributed by atoms with Crippen LogP contribution in [-0.2, 0) is 0 Å². The Balaban J connectivity index is 1.19. The molecule has 46 heavy (non-hydrogen) atoms. The number of ether oxygens (including phenoxy) is 1. The second kappa shape index (κ2) is 9.33. The summed E-state index contributed by atoms with van der Waals surface area (Å²) in [5, 5.41) is 2.42. The topological polar surface area (TPSA) is 65.2 Å². The van der Waals surface area contributed by atoms with Crippen LogP contribution in [0.25, 0.3) is 70.4 Å². The number of benzene rings is 3. The second-order valence-electron chi connectivity index (χ2n) is 11.8. The van der Waals surface area contributed by atoms with E-state index in [4.69, 9.17) is 24.7 Å². The molecule has 5 aromatic heterocycles. The van der Waals surface area contributed by atoms with Crippen molar-refractivity contribution in [2.45, 2.75) is 18.6 Å². The Labute approximate surface area is 267 Å². The quantitative estimate of drug-likeness (QED) is 0.188. The molecule has 0 radical (unpaired) electrons. The molecule has 10 rings (SSSR count). The molecule has 2 aliphatic heterocycles. The Morgan fingerprint density at radius 3 is 2.41 bits per heavy atom. The number of thiophene rings is 1. The van der Waals surface area contributed by atoms with E-state index in [1.807, 2.05) is 37.5 Å². The highest BCUT2D eigenvalue weighted by Crippen LogP contribution is 2.52. The molecular formula is C39H23N5OS. The molecule has 0 N–H and O–H groups in total. The van der Waals surface area contributed by atoms with Crippen molar-refractivity contribution in [3.05, 3.63) is 115 Å². The number of hydrogen-bond donors (Lipinski definition) is 0. The number of aliphatic imine (C=N–C) groups is 1. The van der Waals surface area contributed by atoms with Crippen LogP contribution in [0.4, 0.5) is 0 Å². The number of rotatable bonds is 3. The molecule has 2 atom stereocenters. The molecular weight excluding hydrogens is 587 g/mol. The first kappa shape index (κ1) is 25.5. The normalized spacial score (nSPS) is 18.1. The van der Waals surface area contributed by atoms with Gasteiger partial charge in [0.1, 0.15) is 28.6 Å². The fourth-order valence-corrected chi connectivity index (χ4v) is 8.18. The minimum atomic E-state index is -0.725. The first-order valence-electron chi connectivity index (χ1n) is 15.2. The zero-order valence-corrected chi connectivity index (χ0v) is 25.4. The summed E-state index contributed by atoms with van der Waals surface area (Å²) in [4.78, 5) is 19.6. The van der Waals surface area contributed by atoms with Crippen molar-refractivity contribution in [3.8, 4) is 45.8 Å². The van der Waals surface area contributed by atoms with Gasteiger partial charge in [-0.2, -0.15) is 0 Å². The molecule has 0 spiro atoms. The maximum atomic E-state index is 6.57. The lowest BCUT2D eigenvalue weighted by molar-refractivity contribution is 0.155. The van der Waals surface area contributed by atoms with Gasteiger partial charge in [0, 0.05) is 39.9 Å². The lowest BCUT2D eigenvalue weighted by atomic mass is 9.89. The van der Waals surface area contributed by atoms with Crippen molar-refractivity contribution < 1.29 is 4.74 Å². The van der Waals surface area contributed by atoms with Crippen molar-refractivity contribution in [1.29, 1.82) is 0 Å². The predicted octanol–water partition coefficient (Wildman–Crippen LogP) is 8.95. The maximum Gasteiger partial charge on any atom is 0.193 e. The van der Waals surface area contributed by atoms with Gasteiger partial charge in [0.15, 0.2) is 5.60 Å². The number of nitrogens with zero attached hydrogens (tertiary/aromatic N) is 5.